The molecule has 90 valence electrons. The molecule has 0 atom stereocenters. The van der Waals surface area contributed by atoms with Crippen LogP contribution in [-0.4, -0.2) is 15.5 Å². The number of rotatable bonds is 2. The van der Waals surface area contributed by atoms with Gasteiger partial charge in [0, 0.05) is 41.3 Å². The minimum absolute atomic E-state index is 0.123. The molecule has 1 aromatic carbocycles. The molecule has 3 rings (SSSR count). The van der Waals surface area contributed by atoms with Crippen molar-refractivity contribution in [3.05, 3.63) is 47.6 Å². The van der Waals surface area contributed by atoms with Crippen LogP contribution in [0.15, 0.2) is 42.0 Å². The molecule has 0 radical (unpaired) electrons. The number of aromatic nitrogens is 2. The van der Waals surface area contributed by atoms with Crippen LogP contribution in [0.2, 0.25) is 0 Å². The number of aryl methyl sites for hydroxylation is 1. The second kappa shape index (κ2) is 4.27. The van der Waals surface area contributed by atoms with E-state index >= 15 is 0 Å². The van der Waals surface area contributed by atoms with Crippen LogP contribution in [0.3, 0.4) is 0 Å². The highest BCUT2D eigenvalue weighted by molar-refractivity contribution is 7.13. The Morgan fingerprint density at radius 3 is 3.06 bits per heavy atom. The fourth-order valence-electron chi connectivity index (χ4n) is 1.95. The van der Waals surface area contributed by atoms with Gasteiger partial charge in [-0.05, 0) is 18.2 Å². The van der Waals surface area contributed by atoms with Crippen molar-refractivity contribution in [2.75, 3.05) is 5.32 Å². The quantitative estimate of drug-likeness (QED) is 0.767. The lowest BCUT2D eigenvalue weighted by molar-refractivity contribution is 0.102. The maximum atomic E-state index is 12.2. The molecule has 18 heavy (non-hydrogen) atoms. The zero-order chi connectivity index (χ0) is 12.5. The van der Waals surface area contributed by atoms with E-state index in [0.29, 0.717) is 10.7 Å². The lowest BCUT2D eigenvalue weighted by Crippen LogP contribution is -2.11. The number of hydrogen-bond acceptors (Lipinski definition) is 3. The van der Waals surface area contributed by atoms with Crippen molar-refractivity contribution in [2.45, 2.75) is 0 Å². The van der Waals surface area contributed by atoms with E-state index in [-0.39, 0.29) is 5.91 Å². The number of thiazole rings is 1. The maximum absolute atomic E-state index is 12.2. The number of nitrogens with one attached hydrogen (secondary N) is 1. The molecule has 0 bridgehead atoms. The number of carbonyl (C=O) groups is 1. The fraction of sp³-hybridized carbons (Fsp3) is 0.0769. The zero-order valence-electron chi connectivity index (χ0n) is 9.75. The molecule has 0 aliphatic heterocycles. The summed E-state index contributed by atoms with van der Waals surface area (Å²) in [7, 11) is 1.96. The van der Waals surface area contributed by atoms with Crippen LogP contribution < -0.4 is 5.32 Å². The third kappa shape index (κ3) is 1.78. The molecular formula is C13H11N3OS. The Morgan fingerprint density at radius 2 is 2.28 bits per heavy atom. The molecule has 0 saturated carbocycles. The highest BCUT2D eigenvalue weighted by Crippen LogP contribution is 2.21. The molecule has 2 aromatic heterocycles. The number of hydrogen-bond donors (Lipinski definition) is 1. The predicted molar refractivity (Wildman–Crippen MR) is 73.0 cm³/mol. The molecule has 0 aliphatic carbocycles. The molecule has 0 saturated heterocycles. The highest BCUT2D eigenvalue weighted by Gasteiger charge is 2.12. The van der Waals surface area contributed by atoms with Crippen molar-refractivity contribution >= 4 is 33.3 Å². The van der Waals surface area contributed by atoms with Gasteiger partial charge in [-0.25, -0.2) is 4.98 Å². The SMILES string of the molecule is Cn1ccc2c(C(=O)Nc3nccs3)cccc21. The fourth-order valence-corrected chi connectivity index (χ4v) is 2.47. The third-order valence-electron chi connectivity index (χ3n) is 2.83. The standard InChI is InChI=1S/C13H11N3OS/c1-16-7-5-9-10(3-2-4-11(9)16)12(17)15-13-14-6-8-18-13/h2-8H,1H3,(H,14,15,17). The Balaban J connectivity index is 2.01. The number of nitrogens with zero attached hydrogens (tertiary/aromatic N) is 2. The van der Waals surface area contributed by atoms with Gasteiger partial charge in [0.25, 0.3) is 5.91 Å². The first-order valence-corrected chi connectivity index (χ1v) is 6.38. The minimum atomic E-state index is -0.123. The Hall–Kier alpha value is -2.14. The van der Waals surface area contributed by atoms with Crippen molar-refractivity contribution < 1.29 is 4.79 Å². The van der Waals surface area contributed by atoms with Crippen molar-refractivity contribution in [3.8, 4) is 0 Å². The summed E-state index contributed by atoms with van der Waals surface area (Å²) in [6, 6.07) is 7.66. The molecule has 0 unspecified atom stereocenters. The zero-order valence-corrected chi connectivity index (χ0v) is 10.6. The molecule has 3 aromatic rings. The number of amides is 1. The molecule has 0 fully saturated rings. The van der Waals surface area contributed by atoms with E-state index in [1.807, 2.05) is 47.5 Å². The van der Waals surface area contributed by atoms with Gasteiger partial charge in [-0.2, -0.15) is 0 Å². The summed E-state index contributed by atoms with van der Waals surface area (Å²) in [6.07, 6.45) is 3.62. The van der Waals surface area contributed by atoms with Gasteiger partial charge >= 0.3 is 0 Å². The summed E-state index contributed by atoms with van der Waals surface area (Å²) in [5.41, 5.74) is 1.71. The Morgan fingerprint density at radius 1 is 1.39 bits per heavy atom. The number of carbonyl (C=O) groups excluding carboxylic acids is 1. The van der Waals surface area contributed by atoms with Gasteiger partial charge < -0.3 is 4.57 Å². The van der Waals surface area contributed by atoms with Gasteiger partial charge in [-0.1, -0.05) is 6.07 Å². The normalized spacial score (nSPS) is 10.7. The average Bonchev–Trinajstić information content (AvgIpc) is 3.00. The first kappa shape index (κ1) is 11.0. The van der Waals surface area contributed by atoms with Crippen LogP contribution in [0, 0.1) is 0 Å². The molecule has 1 amide bonds. The summed E-state index contributed by atoms with van der Waals surface area (Å²) in [4.78, 5) is 16.2. The van der Waals surface area contributed by atoms with Crippen LogP contribution in [0.5, 0.6) is 0 Å². The van der Waals surface area contributed by atoms with E-state index in [1.54, 1.807) is 6.20 Å². The van der Waals surface area contributed by atoms with Crippen LogP contribution in [0.25, 0.3) is 10.9 Å². The van der Waals surface area contributed by atoms with Crippen LogP contribution in [-0.2, 0) is 7.05 Å². The summed E-state index contributed by atoms with van der Waals surface area (Å²) in [5.74, 6) is -0.123. The maximum Gasteiger partial charge on any atom is 0.258 e. The molecular weight excluding hydrogens is 246 g/mol. The smallest absolute Gasteiger partial charge is 0.258 e. The number of anilines is 1. The first-order valence-electron chi connectivity index (χ1n) is 5.50. The van der Waals surface area contributed by atoms with Crippen molar-refractivity contribution in [1.29, 1.82) is 0 Å². The average molecular weight is 257 g/mol. The van der Waals surface area contributed by atoms with Gasteiger partial charge in [0.2, 0.25) is 0 Å². The first-order chi connectivity index (χ1) is 8.75. The summed E-state index contributed by atoms with van der Waals surface area (Å²) in [6.45, 7) is 0. The molecule has 5 heteroatoms. The van der Waals surface area contributed by atoms with Crippen molar-refractivity contribution in [1.82, 2.24) is 9.55 Å². The monoisotopic (exact) mass is 257 g/mol. The van der Waals surface area contributed by atoms with E-state index in [1.165, 1.54) is 11.3 Å². The van der Waals surface area contributed by atoms with Crippen molar-refractivity contribution in [3.63, 3.8) is 0 Å². The minimum Gasteiger partial charge on any atom is -0.351 e. The lowest BCUT2D eigenvalue weighted by atomic mass is 10.1. The Bertz CT molecular complexity index is 700. The van der Waals surface area contributed by atoms with Gasteiger partial charge in [0.15, 0.2) is 5.13 Å². The molecule has 2 heterocycles. The summed E-state index contributed by atoms with van der Waals surface area (Å²) >= 11 is 1.41. The lowest BCUT2D eigenvalue weighted by Gasteiger charge is -2.04. The summed E-state index contributed by atoms with van der Waals surface area (Å²) < 4.78 is 2.00. The van der Waals surface area contributed by atoms with E-state index in [4.69, 9.17) is 0 Å². The highest BCUT2D eigenvalue weighted by atomic mass is 32.1. The molecule has 0 spiro atoms. The van der Waals surface area contributed by atoms with E-state index < -0.39 is 0 Å². The Kier molecular flexibility index (Phi) is 2.60. The van der Waals surface area contributed by atoms with Gasteiger partial charge in [-0.15, -0.1) is 11.3 Å². The van der Waals surface area contributed by atoms with Gasteiger partial charge in [0.1, 0.15) is 0 Å². The van der Waals surface area contributed by atoms with E-state index in [2.05, 4.69) is 10.3 Å². The van der Waals surface area contributed by atoms with Crippen molar-refractivity contribution in [2.24, 2.45) is 7.05 Å². The number of fused-ring (bicyclic) bond motifs is 1. The second-order valence-corrected chi connectivity index (χ2v) is 4.85. The largest absolute Gasteiger partial charge is 0.351 e. The van der Waals surface area contributed by atoms with Gasteiger partial charge in [0.05, 0.1) is 0 Å². The molecule has 0 aliphatic rings. The summed E-state index contributed by atoms with van der Waals surface area (Å²) in [5, 5.41) is 6.20. The van der Waals surface area contributed by atoms with Crippen LogP contribution in [0.4, 0.5) is 5.13 Å². The third-order valence-corrected chi connectivity index (χ3v) is 3.51. The van der Waals surface area contributed by atoms with Crippen LogP contribution >= 0.6 is 11.3 Å². The predicted octanol–water partition coefficient (Wildman–Crippen LogP) is 2.89. The van der Waals surface area contributed by atoms with Gasteiger partial charge in [-0.3, -0.25) is 10.1 Å². The molecule has 1 N–H and O–H groups in total. The van der Waals surface area contributed by atoms with E-state index in [0.717, 1.165) is 10.9 Å². The second-order valence-electron chi connectivity index (χ2n) is 3.96. The Labute approximate surface area is 108 Å². The molecule has 4 nitrogen and oxygen atoms in total. The number of benzene rings is 1. The topological polar surface area (TPSA) is 46.9 Å². The van der Waals surface area contributed by atoms with E-state index in [9.17, 15) is 4.79 Å². The van der Waals surface area contributed by atoms with Crippen LogP contribution in [0.1, 0.15) is 10.4 Å².